The number of carbonyl (C=O) groups is 2. The van der Waals surface area contributed by atoms with E-state index in [9.17, 15) is 19.1 Å². The summed E-state index contributed by atoms with van der Waals surface area (Å²) in [7, 11) is 0. The number of carbonyl (C=O) groups excluding carboxylic acids is 2. The molecule has 1 aliphatic heterocycles. The summed E-state index contributed by atoms with van der Waals surface area (Å²) in [6, 6.07) is -0.947. The number of hydrogen-bond acceptors (Lipinski definition) is 7. The number of nitrogens with zero attached hydrogens (tertiary/aromatic N) is 3. The second-order valence-electron chi connectivity index (χ2n) is 8.13. The molecule has 1 saturated carbocycles. The lowest BCUT2D eigenvalue weighted by molar-refractivity contribution is -0.131. The molecule has 144 valence electrons. The molecule has 0 aromatic carbocycles. The van der Waals surface area contributed by atoms with Gasteiger partial charge in [-0.1, -0.05) is 6.92 Å². The third kappa shape index (κ3) is 3.78. The van der Waals surface area contributed by atoms with Gasteiger partial charge in [-0.25, -0.2) is 4.39 Å². The SMILES string of the molecule is CC(C)(CO)NCC(=O)N1C[C@@H](F)CC1C(=O)c1nnc(C2(C)CC2)o1. The van der Waals surface area contributed by atoms with E-state index in [4.69, 9.17) is 4.42 Å². The molecule has 1 amide bonds. The van der Waals surface area contributed by atoms with E-state index in [2.05, 4.69) is 15.5 Å². The second kappa shape index (κ2) is 6.70. The summed E-state index contributed by atoms with van der Waals surface area (Å²) in [5, 5.41) is 19.9. The molecule has 2 atom stereocenters. The lowest BCUT2D eigenvalue weighted by atomic mass is 10.1. The van der Waals surface area contributed by atoms with Gasteiger partial charge in [-0.3, -0.25) is 9.59 Å². The molecule has 1 aromatic heterocycles. The van der Waals surface area contributed by atoms with Crippen molar-refractivity contribution in [1.29, 1.82) is 0 Å². The summed E-state index contributed by atoms with van der Waals surface area (Å²) in [6.07, 6.45) is 0.496. The molecule has 1 saturated heterocycles. The Hall–Kier alpha value is -1.87. The van der Waals surface area contributed by atoms with Gasteiger partial charge in [0.2, 0.25) is 17.6 Å². The van der Waals surface area contributed by atoms with Crippen molar-refractivity contribution in [1.82, 2.24) is 20.4 Å². The van der Waals surface area contributed by atoms with Gasteiger partial charge in [0.15, 0.2) is 0 Å². The molecule has 0 spiro atoms. The first-order valence-electron chi connectivity index (χ1n) is 8.83. The fraction of sp³-hybridized carbons (Fsp3) is 0.765. The zero-order valence-corrected chi connectivity index (χ0v) is 15.3. The summed E-state index contributed by atoms with van der Waals surface area (Å²) < 4.78 is 19.4. The number of Topliss-reactive ketones (excluding diaryl/α,β-unsaturated/α-hetero) is 1. The topological polar surface area (TPSA) is 109 Å². The van der Waals surface area contributed by atoms with E-state index in [0.29, 0.717) is 5.89 Å². The Morgan fingerprint density at radius 2 is 2.12 bits per heavy atom. The molecule has 1 aliphatic carbocycles. The van der Waals surface area contributed by atoms with Crippen LogP contribution in [0.5, 0.6) is 0 Å². The quantitative estimate of drug-likeness (QED) is 0.679. The van der Waals surface area contributed by atoms with Crippen molar-refractivity contribution in [3.05, 3.63) is 11.8 Å². The zero-order chi connectivity index (χ0) is 19.1. The van der Waals surface area contributed by atoms with Crippen LogP contribution in [0.15, 0.2) is 4.42 Å². The molecule has 0 radical (unpaired) electrons. The minimum Gasteiger partial charge on any atom is -0.418 e. The van der Waals surface area contributed by atoms with Crippen molar-refractivity contribution < 1.29 is 23.5 Å². The first-order chi connectivity index (χ1) is 12.1. The average Bonchev–Trinajstić information content (AvgIpc) is 3.04. The minimum absolute atomic E-state index is 0.0804. The summed E-state index contributed by atoms with van der Waals surface area (Å²) in [5.41, 5.74) is -0.815. The molecule has 8 nitrogen and oxygen atoms in total. The Morgan fingerprint density at radius 1 is 1.42 bits per heavy atom. The number of ketones is 1. The maximum atomic E-state index is 13.9. The van der Waals surface area contributed by atoms with Crippen LogP contribution in [0.2, 0.25) is 0 Å². The van der Waals surface area contributed by atoms with Gasteiger partial charge in [0, 0.05) is 17.4 Å². The van der Waals surface area contributed by atoms with Crippen molar-refractivity contribution in [3.63, 3.8) is 0 Å². The predicted molar refractivity (Wildman–Crippen MR) is 89.4 cm³/mol. The number of halogens is 1. The smallest absolute Gasteiger partial charge is 0.286 e. The summed E-state index contributed by atoms with van der Waals surface area (Å²) in [6.45, 7) is 5.06. The van der Waals surface area contributed by atoms with Crippen molar-refractivity contribution in [2.45, 2.75) is 63.2 Å². The molecule has 3 rings (SSSR count). The van der Waals surface area contributed by atoms with Gasteiger partial charge in [0.25, 0.3) is 5.89 Å². The molecule has 2 aliphatic rings. The molecule has 1 aromatic rings. The van der Waals surface area contributed by atoms with Gasteiger partial charge < -0.3 is 19.7 Å². The van der Waals surface area contributed by atoms with Crippen LogP contribution >= 0.6 is 0 Å². The highest BCUT2D eigenvalue weighted by Gasteiger charge is 2.46. The van der Waals surface area contributed by atoms with Crippen LogP contribution in [0.25, 0.3) is 0 Å². The van der Waals surface area contributed by atoms with Crippen LogP contribution in [0, 0.1) is 0 Å². The molecular weight excluding hydrogens is 343 g/mol. The van der Waals surface area contributed by atoms with Gasteiger partial charge in [0.1, 0.15) is 12.2 Å². The fourth-order valence-corrected chi connectivity index (χ4v) is 2.89. The second-order valence-corrected chi connectivity index (χ2v) is 8.13. The molecule has 0 bridgehead atoms. The van der Waals surface area contributed by atoms with Crippen LogP contribution in [0.1, 0.15) is 56.6 Å². The molecule has 26 heavy (non-hydrogen) atoms. The zero-order valence-electron chi connectivity index (χ0n) is 15.3. The number of amides is 1. The highest BCUT2D eigenvalue weighted by Crippen LogP contribution is 2.46. The van der Waals surface area contributed by atoms with E-state index in [0.717, 1.165) is 12.8 Å². The number of likely N-dealkylation sites (tertiary alicyclic amines) is 1. The molecule has 1 unspecified atom stereocenters. The van der Waals surface area contributed by atoms with Gasteiger partial charge in [-0.2, -0.15) is 0 Å². The van der Waals surface area contributed by atoms with Gasteiger partial charge in [-0.05, 0) is 26.7 Å². The lowest BCUT2D eigenvalue weighted by Gasteiger charge is -2.27. The van der Waals surface area contributed by atoms with Crippen LogP contribution < -0.4 is 5.32 Å². The number of hydrogen-bond donors (Lipinski definition) is 2. The highest BCUT2D eigenvalue weighted by molar-refractivity contribution is 5.99. The van der Waals surface area contributed by atoms with Crippen molar-refractivity contribution in [2.75, 3.05) is 19.7 Å². The van der Waals surface area contributed by atoms with E-state index in [1.54, 1.807) is 13.8 Å². The van der Waals surface area contributed by atoms with Gasteiger partial charge in [0.05, 0.1) is 19.7 Å². The van der Waals surface area contributed by atoms with Gasteiger partial charge >= 0.3 is 0 Å². The Morgan fingerprint density at radius 3 is 2.73 bits per heavy atom. The summed E-state index contributed by atoms with van der Waals surface area (Å²) >= 11 is 0. The predicted octanol–water partition coefficient (Wildman–Crippen LogP) is 0.603. The van der Waals surface area contributed by atoms with Crippen LogP contribution in [-0.2, 0) is 10.2 Å². The largest absolute Gasteiger partial charge is 0.418 e. The van der Waals surface area contributed by atoms with E-state index < -0.39 is 29.4 Å². The third-order valence-corrected chi connectivity index (χ3v) is 5.14. The first kappa shape index (κ1) is 18.9. The Kier molecular flexibility index (Phi) is 4.87. The monoisotopic (exact) mass is 368 g/mol. The van der Waals surface area contributed by atoms with E-state index >= 15 is 0 Å². The normalized spacial score (nSPS) is 24.7. The number of aromatic nitrogens is 2. The summed E-state index contributed by atoms with van der Waals surface area (Å²) in [5.74, 6) is -0.685. The number of aliphatic hydroxyl groups excluding tert-OH is 1. The number of alkyl halides is 1. The number of rotatable bonds is 7. The van der Waals surface area contributed by atoms with E-state index in [1.165, 1.54) is 4.90 Å². The molecule has 2 fully saturated rings. The van der Waals surface area contributed by atoms with E-state index in [1.807, 2.05) is 6.92 Å². The maximum Gasteiger partial charge on any atom is 0.286 e. The Labute approximate surface area is 151 Å². The minimum atomic E-state index is -1.28. The highest BCUT2D eigenvalue weighted by atomic mass is 19.1. The number of aliphatic hydroxyl groups is 1. The lowest BCUT2D eigenvalue weighted by Crippen LogP contribution is -2.50. The van der Waals surface area contributed by atoms with Crippen molar-refractivity contribution in [2.24, 2.45) is 0 Å². The van der Waals surface area contributed by atoms with Crippen LogP contribution in [0.3, 0.4) is 0 Å². The third-order valence-electron chi connectivity index (χ3n) is 5.14. The van der Waals surface area contributed by atoms with Crippen molar-refractivity contribution >= 4 is 11.7 Å². The van der Waals surface area contributed by atoms with Crippen LogP contribution in [0.4, 0.5) is 4.39 Å². The number of nitrogens with one attached hydrogen (secondary N) is 1. The molecule has 2 heterocycles. The van der Waals surface area contributed by atoms with Crippen LogP contribution in [-0.4, -0.2) is 69.3 Å². The Bertz CT molecular complexity index is 701. The van der Waals surface area contributed by atoms with Crippen molar-refractivity contribution in [3.8, 4) is 0 Å². The average molecular weight is 368 g/mol. The molecule has 2 N–H and O–H groups in total. The van der Waals surface area contributed by atoms with E-state index in [-0.39, 0.29) is 37.4 Å². The fourth-order valence-electron chi connectivity index (χ4n) is 2.89. The molecule has 9 heteroatoms. The summed E-state index contributed by atoms with van der Waals surface area (Å²) in [4.78, 5) is 26.4. The maximum absolute atomic E-state index is 13.9. The standard InChI is InChI=1S/C17H25FN4O4/c1-16(2,9-23)19-7-12(24)22-8-10(18)6-11(22)13(25)14-20-21-15(26-14)17(3)4-5-17/h10-11,19,23H,4-9H2,1-3H3/t10-,11?/m0/s1. The van der Waals surface area contributed by atoms with Gasteiger partial charge in [-0.15, -0.1) is 10.2 Å². The first-order valence-corrected chi connectivity index (χ1v) is 8.83. The molecular formula is C17H25FN4O4. The Balaban J connectivity index is 1.69.